The average molecular weight is 321 g/mol. The van der Waals surface area contributed by atoms with E-state index in [2.05, 4.69) is 20.4 Å². The monoisotopic (exact) mass is 321 g/mol. The summed E-state index contributed by atoms with van der Waals surface area (Å²) in [7, 11) is 1.38. The number of carbonyl (C=O) groups excluding carboxylic acids is 1. The number of aryl methyl sites for hydroxylation is 1. The Labute approximate surface area is 138 Å². The molecule has 0 bridgehead atoms. The van der Waals surface area contributed by atoms with Gasteiger partial charge < -0.3 is 20.1 Å². The summed E-state index contributed by atoms with van der Waals surface area (Å²) in [6.45, 7) is 8.35. The smallest absolute Gasteiger partial charge is 0.307 e. The minimum absolute atomic E-state index is 0.245. The molecule has 0 atom stereocenters. The molecule has 6 heteroatoms. The molecular formula is C17H27N3O3. The van der Waals surface area contributed by atoms with Crippen LogP contribution in [0, 0.1) is 6.92 Å². The summed E-state index contributed by atoms with van der Waals surface area (Å²) in [4.78, 5) is 15.7. The van der Waals surface area contributed by atoms with E-state index in [1.807, 2.05) is 39.0 Å². The van der Waals surface area contributed by atoms with Crippen molar-refractivity contribution < 1.29 is 14.3 Å². The van der Waals surface area contributed by atoms with E-state index in [-0.39, 0.29) is 5.97 Å². The lowest BCUT2D eigenvalue weighted by molar-refractivity contribution is -0.140. The van der Waals surface area contributed by atoms with Crippen LogP contribution in [0.5, 0.6) is 5.75 Å². The Bertz CT molecular complexity index is 530. The second-order valence-electron chi connectivity index (χ2n) is 4.99. The van der Waals surface area contributed by atoms with E-state index < -0.39 is 0 Å². The van der Waals surface area contributed by atoms with E-state index in [4.69, 9.17) is 4.74 Å². The zero-order valence-corrected chi connectivity index (χ0v) is 14.4. The topological polar surface area (TPSA) is 72.0 Å². The molecule has 0 aliphatic carbocycles. The van der Waals surface area contributed by atoms with Crippen LogP contribution in [0.2, 0.25) is 0 Å². The van der Waals surface area contributed by atoms with Gasteiger partial charge in [0.1, 0.15) is 5.75 Å². The van der Waals surface area contributed by atoms with E-state index in [1.54, 1.807) is 0 Å². The van der Waals surface area contributed by atoms with Gasteiger partial charge in [0.2, 0.25) is 0 Å². The number of aliphatic imine (C=N–C) groups is 1. The second-order valence-corrected chi connectivity index (χ2v) is 4.99. The summed E-state index contributed by atoms with van der Waals surface area (Å²) in [5, 5.41) is 6.27. The Morgan fingerprint density at radius 2 is 2.04 bits per heavy atom. The maximum atomic E-state index is 11.1. The highest BCUT2D eigenvalue weighted by Gasteiger charge is 2.05. The van der Waals surface area contributed by atoms with Gasteiger partial charge in [-0.3, -0.25) is 4.79 Å². The molecule has 0 aliphatic rings. The standard InChI is InChI=1S/C17H27N3O3/c1-5-18-17(19-10-9-16(21)22-4)20-12-14-8-7-13(3)11-15(14)23-6-2/h7-8,11H,5-6,9-10,12H2,1-4H3,(H2,18,19,20). The largest absolute Gasteiger partial charge is 0.494 e. The molecule has 0 amide bonds. The maximum absolute atomic E-state index is 11.1. The molecule has 128 valence electrons. The Morgan fingerprint density at radius 1 is 1.26 bits per heavy atom. The van der Waals surface area contributed by atoms with Crippen molar-refractivity contribution in [3.8, 4) is 5.75 Å². The molecule has 1 aromatic carbocycles. The molecular weight excluding hydrogens is 294 g/mol. The third kappa shape index (κ3) is 7.04. The lowest BCUT2D eigenvalue weighted by Gasteiger charge is -2.12. The van der Waals surface area contributed by atoms with Gasteiger partial charge in [0.15, 0.2) is 5.96 Å². The lowest BCUT2D eigenvalue weighted by atomic mass is 10.1. The number of guanidine groups is 1. The summed E-state index contributed by atoms with van der Waals surface area (Å²) in [5.41, 5.74) is 2.19. The predicted molar refractivity (Wildman–Crippen MR) is 91.8 cm³/mol. The first kappa shape index (κ1) is 18.8. The van der Waals surface area contributed by atoms with E-state index in [9.17, 15) is 4.79 Å². The zero-order valence-electron chi connectivity index (χ0n) is 14.4. The van der Waals surface area contributed by atoms with Crippen LogP contribution in [0.15, 0.2) is 23.2 Å². The van der Waals surface area contributed by atoms with Crippen LogP contribution in [-0.2, 0) is 16.1 Å². The first-order valence-electron chi connectivity index (χ1n) is 7.92. The number of carbonyl (C=O) groups is 1. The van der Waals surface area contributed by atoms with Gasteiger partial charge in [-0.2, -0.15) is 0 Å². The molecule has 0 saturated heterocycles. The van der Waals surface area contributed by atoms with Crippen molar-refractivity contribution in [1.82, 2.24) is 10.6 Å². The first-order chi connectivity index (χ1) is 11.1. The third-order valence-corrected chi connectivity index (χ3v) is 3.12. The van der Waals surface area contributed by atoms with Crippen LogP contribution >= 0.6 is 0 Å². The van der Waals surface area contributed by atoms with Gasteiger partial charge in [-0.05, 0) is 32.4 Å². The van der Waals surface area contributed by atoms with Crippen molar-refractivity contribution in [3.05, 3.63) is 29.3 Å². The number of rotatable bonds is 8. The van der Waals surface area contributed by atoms with Crippen molar-refractivity contribution in [3.63, 3.8) is 0 Å². The van der Waals surface area contributed by atoms with Gasteiger partial charge in [0, 0.05) is 18.7 Å². The molecule has 1 rings (SSSR count). The minimum Gasteiger partial charge on any atom is -0.494 e. The van der Waals surface area contributed by atoms with E-state index in [1.165, 1.54) is 7.11 Å². The molecule has 0 spiro atoms. The molecule has 23 heavy (non-hydrogen) atoms. The minimum atomic E-state index is -0.245. The highest BCUT2D eigenvalue weighted by molar-refractivity contribution is 5.80. The lowest BCUT2D eigenvalue weighted by Crippen LogP contribution is -2.38. The summed E-state index contributed by atoms with van der Waals surface area (Å²) < 4.78 is 10.3. The number of hydrogen-bond acceptors (Lipinski definition) is 4. The number of ether oxygens (including phenoxy) is 2. The normalized spacial score (nSPS) is 11.0. The number of methoxy groups -OCH3 is 1. The Kier molecular flexibility index (Phi) is 8.57. The average Bonchev–Trinajstić information content (AvgIpc) is 2.54. The van der Waals surface area contributed by atoms with Crippen molar-refractivity contribution in [1.29, 1.82) is 0 Å². The van der Waals surface area contributed by atoms with Crippen LogP contribution in [0.4, 0.5) is 0 Å². The Balaban J connectivity index is 2.71. The molecule has 0 fully saturated rings. The molecule has 0 radical (unpaired) electrons. The number of nitrogens with one attached hydrogen (secondary N) is 2. The molecule has 0 heterocycles. The Hall–Kier alpha value is -2.24. The number of esters is 1. The van der Waals surface area contributed by atoms with E-state index in [0.717, 1.165) is 23.4 Å². The number of hydrogen-bond donors (Lipinski definition) is 2. The number of benzene rings is 1. The predicted octanol–water partition coefficient (Wildman–Crippen LogP) is 2.01. The van der Waals surface area contributed by atoms with Crippen LogP contribution in [0.25, 0.3) is 0 Å². The molecule has 0 aromatic heterocycles. The van der Waals surface area contributed by atoms with Gasteiger partial charge in [-0.25, -0.2) is 4.99 Å². The van der Waals surface area contributed by atoms with Gasteiger partial charge in [0.05, 0.1) is 26.7 Å². The molecule has 6 nitrogen and oxygen atoms in total. The first-order valence-corrected chi connectivity index (χ1v) is 7.92. The van der Waals surface area contributed by atoms with E-state index >= 15 is 0 Å². The van der Waals surface area contributed by atoms with Gasteiger partial charge >= 0.3 is 5.97 Å². The van der Waals surface area contributed by atoms with Gasteiger partial charge in [-0.15, -0.1) is 0 Å². The summed E-state index contributed by atoms with van der Waals surface area (Å²) >= 11 is 0. The quantitative estimate of drug-likeness (QED) is 0.435. The van der Waals surface area contributed by atoms with Crippen LogP contribution in [0.3, 0.4) is 0 Å². The van der Waals surface area contributed by atoms with Crippen molar-refractivity contribution in [2.75, 3.05) is 26.8 Å². The third-order valence-electron chi connectivity index (χ3n) is 3.12. The SMILES string of the molecule is CCNC(=NCc1ccc(C)cc1OCC)NCCC(=O)OC. The van der Waals surface area contributed by atoms with Gasteiger partial charge in [0.25, 0.3) is 0 Å². The molecule has 2 N–H and O–H groups in total. The van der Waals surface area contributed by atoms with Crippen LogP contribution < -0.4 is 15.4 Å². The van der Waals surface area contributed by atoms with Gasteiger partial charge in [-0.1, -0.05) is 12.1 Å². The molecule has 1 aromatic rings. The maximum Gasteiger partial charge on any atom is 0.307 e. The van der Waals surface area contributed by atoms with Crippen LogP contribution in [0.1, 0.15) is 31.4 Å². The molecule has 0 aliphatic heterocycles. The van der Waals surface area contributed by atoms with Crippen LogP contribution in [-0.4, -0.2) is 38.7 Å². The molecule has 0 unspecified atom stereocenters. The fraction of sp³-hybridized carbons (Fsp3) is 0.529. The zero-order chi connectivity index (χ0) is 17.1. The van der Waals surface area contributed by atoms with Crippen molar-refractivity contribution in [2.45, 2.75) is 33.7 Å². The fourth-order valence-corrected chi connectivity index (χ4v) is 1.97. The Morgan fingerprint density at radius 3 is 2.70 bits per heavy atom. The van der Waals surface area contributed by atoms with Crippen molar-refractivity contribution >= 4 is 11.9 Å². The highest BCUT2D eigenvalue weighted by atomic mass is 16.5. The summed E-state index contributed by atoms with van der Waals surface area (Å²) in [5.74, 6) is 1.28. The van der Waals surface area contributed by atoms with E-state index in [0.29, 0.717) is 32.1 Å². The highest BCUT2D eigenvalue weighted by Crippen LogP contribution is 2.21. The summed E-state index contributed by atoms with van der Waals surface area (Å²) in [6.07, 6.45) is 0.301. The second kappa shape index (κ2) is 10.5. The summed E-state index contributed by atoms with van der Waals surface area (Å²) in [6, 6.07) is 6.10. The molecule has 0 saturated carbocycles. The number of nitrogens with zero attached hydrogens (tertiary/aromatic N) is 1. The fourth-order valence-electron chi connectivity index (χ4n) is 1.97. The van der Waals surface area contributed by atoms with Crippen molar-refractivity contribution in [2.24, 2.45) is 4.99 Å².